The molecule has 0 aliphatic carbocycles. The van der Waals surface area contributed by atoms with E-state index in [9.17, 15) is 14.4 Å². The maximum atomic E-state index is 12.7. The van der Waals surface area contributed by atoms with Crippen LogP contribution in [0, 0.1) is 0 Å². The van der Waals surface area contributed by atoms with E-state index in [0.717, 1.165) is 122 Å². The molecule has 0 bridgehead atoms. The molecule has 0 saturated carbocycles. The molecule has 0 spiro atoms. The average Bonchev–Trinajstić information content (AvgIpc) is 3.22. The molecule has 0 aromatic rings. The SMILES string of the molecule is CC/C=C\C/C=C\C/C=C\C/C=C\CCCCC(=O)OC[C@@H](COC(=O)CCCCCCCCCCCC)OC(=O)CCCCCCC/C=C\C/C=C\C/C=C\CC. The number of rotatable bonds is 41. The highest BCUT2D eigenvalue weighted by atomic mass is 16.6. The Morgan fingerprint density at radius 3 is 1.09 bits per heavy atom. The summed E-state index contributed by atoms with van der Waals surface area (Å²) in [5.41, 5.74) is 0. The van der Waals surface area contributed by atoms with Crippen molar-refractivity contribution in [3.63, 3.8) is 0 Å². The number of unbranched alkanes of at least 4 members (excludes halogenated alkanes) is 16. The first-order valence-corrected chi connectivity index (χ1v) is 23.6. The number of ether oxygens (including phenoxy) is 3. The summed E-state index contributed by atoms with van der Waals surface area (Å²) in [4.78, 5) is 37.8. The fourth-order valence-corrected chi connectivity index (χ4v) is 6.15. The van der Waals surface area contributed by atoms with Crippen LogP contribution < -0.4 is 0 Å². The molecule has 1 atom stereocenters. The second kappa shape index (κ2) is 46.3. The zero-order valence-electron chi connectivity index (χ0n) is 37.5. The van der Waals surface area contributed by atoms with Gasteiger partial charge in [-0.25, -0.2) is 0 Å². The molecular weight excluding hydrogens is 721 g/mol. The van der Waals surface area contributed by atoms with Crippen molar-refractivity contribution in [1.29, 1.82) is 0 Å². The van der Waals surface area contributed by atoms with Gasteiger partial charge in [0.15, 0.2) is 6.10 Å². The van der Waals surface area contributed by atoms with Crippen LogP contribution in [0.4, 0.5) is 0 Å². The molecule has 0 saturated heterocycles. The van der Waals surface area contributed by atoms with E-state index in [0.29, 0.717) is 19.3 Å². The van der Waals surface area contributed by atoms with Crippen LogP contribution in [-0.4, -0.2) is 37.2 Å². The van der Waals surface area contributed by atoms with Crippen molar-refractivity contribution in [2.24, 2.45) is 0 Å². The summed E-state index contributed by atoms with van der Waals surface area (Å²) in [7, 11) is 0. The molecule has 6 nitrogen and oxygen atoms in total. The van der Waals surface area contributed by atoms with E-state index >= 15 is 0 Å². The van der Waals surface area contributed by atoms with Crippen LogP contribution in [0.3, 0.4) is 0 Å². The van der Waals surface area contributed by atoms with Gasteiger partial charge in [0.25, 0.3) is 0 Å². The van der Waals surface area contributed by atoms with E-state index in [-0.39, 0.29) is 31.1 Å². The topological polar surface area (TPSA) is 78.9 Å². The van der Waals surface area contributed by atoms with Gasteiger partial charge in [-0.3, -0.25) is 14.4 Å². The molecule has 330 valence electrons. The van der Waals surface area contributed by atoms with E-state index in [2.05, 4.69) is 106 Å². The highest BCUT2D eigenvalue weighted by molar-refractivity contribution is 5.71. The highest BCUT2D eigenvalue weighted by Crippen LogP contribution is 2.13. The van der Waals surface area contributed by atoms with Gasteiger partial charge in [-0.05, 0) is 89.9 Å². The molecule has 0 aromatic heterocycles. The van der Waals surface area contributed by atoms with Crippen molar-refractivity contribution in [3.8, 4) is 0 Å². The molecule has 0 unspecified atom stereocenters. The third kappa shape index (κ3) is 43.7. The van der Waals surface area contributed by atoms with Gasteiger partial charge in [-0.1, -0.05) is 183 Å². The van der Waals surface area contributed by atoms with Crippen molar-refractivity contribution in [1.82, 2.24) is 0 Å². The highest BCUT2D eigenvalue weighted by Gasteiger charge is 2.19. The van der Waals surface area contributed by atoms with Crippen molar-refractivity contribution < 1.29 is 28.6 Å². The molecule has 6 heteroatoms. The minimum absolute atomic E-state index is 0.0966. The Balaban J connectivity index is 4.48. The first-order valence-electron chi connectivity index (χ1n) is 23.6. The lowest BCUT2D eigenvalue weighted by atomic mass is 10.1. The second-order valence-corrected chi connectivity index (χ2v) is 15.3. The number of carbonyl (C=O) groups excluding carboxylic acids is 3. The Hall–Kier alpha value is -3.41. The van der Waals surface area contributed by atoms with Crippen LogP contribution in [0.15, 0.2) is 85.1 Å². The number of esters is 3. The van der Waals surface area contributed by atoms with Crippen LogP contribution >= 0.6 is 0 Å². The van der Waals surface area contributed by atoms with Gasteiger partial charge in [0.1, 0.15) is 13.2 Å². The normalized spacial score (nSPS) is 12.8. The van der Waals surface area contributed by atoms with Crippen LogP contribution in [0.25, 0.3) is 0 Å². The van der Waals surface area contributed by atoms with Crippen LogP contribution in [-0.2, 0) is 28.6 Å². The molecule has 0 aliphatic heterocycles. The number of allylic oxidation sites excluding steroid dienone is 14. The minimum atomic E-state index is -0.799. The fraction of sp³-hybridized carbons (Fsp3) is 0.673. The van der Waals surface area contributed by atoms with E-state index in [1.807, 2.05) is 0 Å². The molecule has 0 aliphatic rings. The first kappa shape index (κ1) is 54.6. The minimum Gasteiger partial charge on any atom is -0.462 e. The fourth-order valence-electron chi connectivity index (χ4n) is 6.15. The Morgan fingerprint density at radius 1 is 0.362 bits per heavy atom. The zero-order valence-corrected chi connectivity index (χ0v) is 37.5. The summed E-state index contributed by atoms with van der Waals surface area (Å²) in [5, 5.41) is 0. The Kier molecular flexibility index (Phi) is 43.6. The lowest BCUT2D eigenvalue weighted by Gasteiger charge is -2.18. The van der Waals surface area contributed by atoms with E-state index in [1.54, 1.807) is 0 Å². The maximum absolute atomic E-state index is 12.7. The largest absolute Gasteiger partial charge is 0.462 e. The van der Waals surface area contributed by atoms with Crippen LogP contribution in [0.1, 0.15) is 207 Å². The number of hydrogen-bond donors (Lipinski definition) is 0. The summed E-state index contributed by atoms with van der Waals surface area (Å²) >= 11 is 0. The predicted octanol–water partition coefficient (Wildman–Crippen LogP) is 15.3. The standard InChI is InChI=1S/C52H86O6/c1-4-7-10-13-16-19-22-24-26-28-30-33-36-39-42-45-51(54)57-48-49(47-56-50(53)44-41-38-35-32-21-18-15-12-9-6-3)58-52(55)46-43-40-37-34-31-29-27-25-23-20-17-14-11-8-5-2/h7-8,10-11,16-17,19-20,24-27,30,33,49H,4-6,9,12-15,18,21-23,28-29,31-32,34-48H2,1-3H3/b10-7-,11-8-,19-16-,20-17-,26-24-,27-25-,33-30-/t49-/m1/s1. The van der Waals surface area contributed by atoms with Crippen LogP contribution in [0.5, 0.6) is 0 Å². The molecular formula is C52H86O6. The third-order valence-corrected chi connectivity index (χ3v) is 9.65. The number of carbonyl (C=O) groups is 3. The molecule has 0 radical (unpaired) electrons. The van der Waals surface area contributed by atoms with Crippen molar-refractivity contribution in [2.45, 2.75) is 213 Å². The van der Waals surface area contributed by atoms with Gasteiger partial charge in [0.2, 0.25) is 0 Å². The van der Waals surface area contributed by atoms with Crippen LogP contribution in [0.2, 0.25) is 0 Å². The van der Waals surface area contributed by atoms with E-state index in [1.165, 1.54) is 44.9 Å². The van der Waals surface area contributed by atoms with Gasteiger partial charge < -0.3 is 14.2 Å². The summed E-state index contributed by atoms with van der Waals surface area (Å²) in [6.45, 7) is 6.33. The molecule has 0 fully saturated rings. The zero-order chi connectivity index (χ0) is 42.3. The summed E-state index contributed by atoms with van der Waals surface area (Å²) in [5.74, 6) is -0.964. The number of hydrogen-bond acceptors (Lipinski definition) is 6. The summed E-state index contributed by atoms with van der Waals surface area (Å²) < 4.78 is 16.7. The molecule has 0 rings (SSSR count). The van der Waals surface area contributed by atoms with E-state index < -0.39 is 6.10 Å². The second-order valence-electron chi connectivity index (χ2n) is 15.3. The summed E-state index contributed by atoms with van der Waals surface area (Å²) in [6.07, 6.45) is 58.5. The monoisotopic (exact) mass is 807 g/mol. The third-order valence-electron chi connectivity index (χ3n) is 9.65. The van der Waals surface area contributed by atoms with Crippen molar-refractivity contribution >= 4 is 17.9 Å². The first-order chi connectivity index (χ1) is 28.5. The van der Waals surface area contributed by atoms with E-state index in [4.69, 9.17) is 14.2 Å². The quantitative estimate of drug-likeness (QED) is 0.0265. The van der Waals surface area contributed by atoms with Crippen molar-refractivity contribution in [3.05, 3.63) is 85.1 Å². The average molecular weight is 807 g/mol. The summed E-state index contributed by atoms with van der Waals surface area (Å²) in [6, 6.07) is 0. The Morgan fingerprint density at radius 2 is 0.672 bits per heavy atom. The lowest BCUT2D eigenvalue weighted by molar-refractivity contribution is -0.167. The Bertz CT molecular complexity index is 1160. The van der Waals surface area contributed by atoms with Gasteiger partial charge in [0.05, 0.1) is 0 Å². The molecule has 0 heterocycles. The van der Waals surface area contributed by atoms with Gasteiger partial charge >= 0.3 is 17.9 Å². The van der Waals surface area contributed by atoms with Gasteiger partial charge in [-0.15, -0.1) is 0 Å². The molecule has 58 heavy (non-hydrogen) atoms. The Labute approximate surface area is 356 Å². The maximum Gasteiger partial charge on any atom is 0.306 e. The lowest BCUT2D eigenvalue weighted by Crippen LogP contribution is -2.30. The molecule has 0 amide bonds. The smallest absolute Gasteiger partial charge is 0.306 e. The van der Waals surface area contributed by atoms with Crippen molar-refractivity contribution in [2.75, 3.05) is 13.2 Å². The molecule has 0 N–H and O–H groups in total. The van der Waals surface area contributed by atoms with Gasteiger partial charge in [0, 0.05) is 19.3 Å². The predicted molar refractivity (Wildman–Crippen MR) is 247 cm³/mol. The molecule has 0 aromatic carbocycles. The van der Waals surface area contributed by atoms with Gasteiger partial charge in [-0.2, -0.15) is 0 Å².